The van der Waals surface area contributed by atoms with Gasteiger partial charge < -0.3 is 26.3 Å². The number of nitrogens with two attached hydrogens (primary N) is 2. The van der Waals surface area contributed by atoms with Gasteiger partial charge in [-0.2, -0.15) is 4.37 Å². The van der Waals surface area contributed by atoms with Crippen molar-refractivity contribution in [1.82, 2.24) is 9.69 Å². The number of amides is 3. The number of nitrogens with one attached hydrogen (secondary N) is 1. The minimum Gasteiger partial charge on any atom is -0.494 e. The molecule has 3 aromatic rings. The maximum absolute atomic E-state index is 14.2. The van der Waals surface area contributed by atoms with Crippen LogP contribution in [0.15, 0.2) is 42.5 Å². The summed E-state index contributed by atoms with van der Waals surface area (Å²) < 4.78 is 15.3. The summed E-state index contributed by atoms with van der Waals surface area (Å²) in [6.45, 7) is 7.17. The van der Waals surface area contributed by atoms with E-state index < -0.39 is 17.9 Å². The Morgan fingerprint density at radius 3 is 2.44 bits per heavy atom. The topological polar surface area (TPSA) is 150 Å². The third-order valence-electron chi connectivity index (χ3n) is 6.40. The number of aryl methyl sites for hydroxylation is 2. The van der Waals surface area contributed by atoms with Crippen molar-refractivity contribution < 1.29 is 23.9 Å². The Kier molecular flexibility index (Phi) is 8.82. The van der Waals surface area contributed by atoms with Crippen LogP contribution in [0, 0.1) is 13.8 Å². The zero-order chi connectivity index (χ0) is 28.1. The smallest absolute Gasteiger partial charge is 0.273 e. The van der Waals surface area contributed by atoms with Crippen molar-refractivity contribution in [3.05, 3.63) is 69.7 Å². The van der Waals surface area contributed by atoms with Crippen molar-refractivity contribution in [1.29, 1.82) is 0 Å². The molecular formula is C28H33N5O5S. The number of hydrogen-bond donors (Lipinski definition) is 3. The Hall–Kier alpha value is -3.96. The van der Waals surface area contributed by atoms with Gasteiger partial charge in [-0.05, 0) is 86.1 Å². The highest BCUT2D eigenvalue weighted by atomic mass is 32.1. The summed E-state index contributed by atoms with van der Waals surface area (Å²) in [7, 11) is 0. The third-order valence-corrected chi connectivity index (χ3v) is 7.25. The fourth-order valence-corrected chi connectivity index (χ4v) is 5.40. The van der Waals surface area contributed by atoms with E-state index >= 15 is 0 Å². The van der Waals surface area contributed by atoms with Crippen LogP contribution in [0.4, 0.5) is 11.4 Å². The first-order valence-corrected chi connectivity index (χ1v) is 13.6. The molecule has 1 aliphatic rings. The Bertz CT molecular complexity index is 1330. The molecule has 1 saturated heterocycles. The molecule has 206 valence electrons. The van der Waals surface area contributed by atoms with Gasteiger partial charge in [-0.1, -0.05) is 18.2 Å². The number of ether oxygens (including phenoxy) is 2. The SMILES string of the molecule is CCOc1ccc([C@H](C(=O)NC[C@@H]2CCCO2)N(C(=O)c2snc(C(N)=O)c2N)c2cc(C)cc(C)c2)cc1. The molecule has 0 aliphatic carbocycles. The zero-order valence-electron chi connectivity index (χ0n) is 22.2. The average molecular weight is 552 g/mol. The molecule has 1 aromatic heterocycles. The van der Waals surface area contributed by atoms with E-state index in [1.54, 1.807) is 24.3 Å². The van der Waals surface area contributed by atoms with Crippen molar-refractivity contribution in [2.24, 2.45) is 5.73 Å². The van der Waals surface area contributed by atoms with Gasteiger partial charge >= 0.3 is 0 Å². The van der Waals surface area contributed by atoms with Crippen LogP contribution in [0.2, 0.25) is 0 Å². The zero-order valence-corrected chi connectivity index (χ0v) is 23.0. The number of carbonyl (C=O) groups is 3. The molecule has 0 radical (unpaired) electrons. The van der Waals surface area contributed by atoms with E-state index in [9.17, 15) is 14.4 Å². The molecular weight excluding hydrogens is 518 g/mol. The molecule has 0 saturated carbocycles. The second-order valence-electron chi connectivity index (χ2n) is 9.44. The molecule has 5 N–H and O–H groups in total. The minimum atomic E-state index is -1.07. The number of rotatable bonds is 10. The third kappa shape index (κ3) is 6.37. The summed E-state index contributed by atoms with van der Waals surface area (Å²) in [5, 5.41) is 2.98. The summed E-state index contributed by atoms with van der Waals surface area (Å²) >= 11 is 0.772. The fraction of sp³-hybridized carbons (Fsp3) is 0.357. The van der Waals surface area contributed by atoms with Gasteiger partial charge in [0.05, 0.1) is 18.4 Å². The van der Waals surface area contributed by atoms with Gasteiger partial charge in [0.25, 0.3) is 11.8 Å². The summed E-state index contributed by atoms with van der Waals surface area (Å²) in [5.41, 5.74) is 14.1. The molecule has 0 spiro atoms. The number of anilines is 2. The first kappa shape index (κ1) is 28.1. The number of nitrogens with zero attached hydrogens (tertiary/aromatic N) is 2. The van der Waals surface area contributed by atoms with Crippen LogP contribution in [0.25, 0.3) is 0 Å². The summed E-state index contributed by atoms with van der Waals surface area (Å²) in [6.07, 6.45) is 1.69. The molecule has 4 rings (SSSR count). The molecule has 1 aliphatic heterocycles. The van der Waals surface area contributed by atoms with Crippen LogP contribution < -0.4 is 26.4 Å². The molecule has 0 unspecified atom stereocenters. The van der Waals surface area contributed by atoms with E-state index in [4.69, 9.17) is 20.9 Å². The van der Waals surface area contributed by atoms with Crippen molar-refractivity contribution in [2.45, 2.75) is 45.8 Å². The molecule has 0 bridgehead atoms. The number of aromatic nitrogens is 1. The van der Waals surface area contributed by atoms with Gasteiger partial charge in [0, 0.05) is 18.8 Å². The van der Waals surface area contributed by atoms with Gasteiger partial charge in [0.2, 0.25) is 5.91 Å². The predicted octanol–water partition coefficient (Wildman–Crippen LogP) is 3.52. The van der Waals surface area contributed by atoms with E-state index in [1.165, 1.54) is 4.90 Å². The average Bonchev–Trinajstić information content (AvgIpc) is 3.55. The fourth-order valence-electron chi connectivity index (χ4n) is 4.66. The van der Waals surface area contributed by atoms with Gasteiger partial charge in [-0.25, -0.2) is 0 Å². The van der Waals surface area contributed by atoms with E-state index in [0.29, 0.717) is 36.8 Å². The molecule has 2 atom stereocenters. The summed E-state index contributed by atoms with van der Waals surface area (Å²) in [5.74, 6) is -1.16. The van der Waals surface area contributed by atoms with Gasteiger partial charge in [-0.3, -0.25) is 19.3 Å². The number of carbonyl (C=O) groups excluding carboxylic acids is 3. The monoisotopic (exact) mass is 551 g/mol. The first-order valence-electron chi connectivity index (χ1n) is 12.8. The van der Waals surface area contributed by atoms with Gasteiger partial charge in [-0.15, -0.1) is 0 Å². The lowest BCUT2D eigenvalue weighted by atomic mass is 10.0. The quantitative estimate of drug-likeness (QED) is 0.349. The minimum absolute atomic E-state index is 0.0193. The number of benzene rings is 2. The Labute approximate surface area is 231 Å². The molecule has 1 fully saturated rings. The molecule has 10 nitrogen and oxygen atoms in total. The van der Waals surface area contributed by atoms with Crippen LogP contribution in [0.1, 0.15) is 62.7 Å². The predicted molar refractivity (Wildman–Crippen MR) is 150 cm³/mol. The molecule has 11 heteroatoms. The lowest BCUT2D eigenvalue weighted by molar-refractivity contribution is -0.123. The molecule has 2 aromatic carbocycles. The van der Waals surface area contributed by atoms with E-state index in [0.717, 1.165) is 35.5 Å². The maximum atomic E-state index is 14.2. The second kappa shape index (κ2) is 12.3. The van der Waals surface area contributed by atoms with Crippen LogP contribution >= 0.6 is 11.5 Å². The second-order valence-corrected chi connectivity index (χ2v) is 10.2. The van der Waals surface area contributed by atoms with E-state index in [2.05, 4.69) is 9.69 Å². The Morgan fingerprint density at radius 1 is 1.18 bits per heavy atom. The Balaban J connectivity index is 1.83. The van der Waals surface area contributed by atoms with Gasteiger partial charge in [0.1, 0.15) is 16.7 Å². The van der Waals surface area contributed by atoms with E-state index in [1.807, 2.05) is 39.0 Å². The maximum Gasteiger partial charge on any atom is 0.273 e. The van der Waals surface area contributed by atoms with E-state index in [-0.39, 0.29) is 28.3 Å². The normalized spacial score (nSPS) is 15.5. The van der Waals surface area contributed by atoms with Crippen molar-refractivity contribution in [3.8, 4) is 5.75 Å². The van der Waals surface area contributed by atoms with Crippen LogP contribution in [-0.2, 0) is 9.53 Å². The number of hydrogen-bond acceptors (Lipinski definition) is 8. The highest BCUT2D eigenvalue weighted by Crippen LogP contribution is 2.34. The number of nitrogen functional groups attached to an aromatic ring is 1. The number of primary amides is 1. The lowest BCUT2D eigenvalue weighted by Gasteiger charge is -2.32. The molecule has 2 heterocycles. The van der Waals surface area contributed by atoms with Crippen LogP contribution in [0.5, 0.6) is 5.75 Å². The summed E-state index contributed by atoms with van der Waals surface area (Å²) in [6, 6.07) is 11.6. The standard InChI is InChI=1S/C28H33N5O5S/c1-4-37-20-9-7-18(8-10-20)24(27(35)31-15-21-6-5-11-38-21)33(19-13-16(2)12-17(3)14-19)28(36)25-22(29)23(26(30)34)32-39-25/h7-10,12-14,21,24H,4-6,11,15,29H2,1-3H3,(H2,30,34)(H,31,35)/t21-,24+/m0/s1. The highest BCUT2D eigenvalue weighted by Gasteiger charge is 2.36. The first-order chi connectivity index (χ1) is 18.7. The largest absolute Gasteiger partial charge is 0.494 e. The molecule has 3 amide bonds. The molecule has 39 heavy (non-hydrogen) atoms. The van der Waals surface area contributed by atoms with Crippen molar-refractivity contribution >= 4 is 40.6 Å². The summed E-state index contributed by atoms with van der Waals surface area (Å²) in [4.78, 5) is 41.4. The van der Waals surface area contributed by atoms with Crippen LogP contribution in [0.3, 0.4) is 0 Å². The Morgan fingerprint density at radius 2 is 1.87 bits per heavy atom. The van der Waals surface area contributed by atoms with Crippen molar-refractivity contribution in [3.63, 3.8) is 0 Å². The lowest BCUT2D eigenvalue weighted by Crippen LogP contribution is -2.45. The van der Waals surface area contributed by atoms with Crippen molar-refractivity contribution in [2.75, 3.05) is 30.4 Å². The highest BCUT2D eigenvalue weighted by molar-refractivity contribution is 7.09. The van der Waals surface area contributed by atoms with Gasteiger partial charge in [0.15, 0.2) is 5.69 Å². The van der Waals surface area contributed by atoms with Crippen LogP contribution in [-0.4, -0.2) is 48.0 Å².